The molecule has 122 valence electrons. The van der Waals surface area contributed by atoms with Gasteiger partial charge in [0.1, 0.15) is 5.75 Å². The largest absolute Gasteiger partial charge is 0.497 e. The lowest BCUT2D eigenvalue weighted by atomic mass is 10.0. The van der Waals surface area contributed by atoms with Crippen LogP contribution in [-0.4, -0.2) is 25.1 Å². The lowest BCUT2D eigenvalue weighted by Crippen LogP contribution is -2.02. The number of aryl methyl sites for hydroxylation is 1. The van der Waals surface area contributed by atoms with Gasteiger partial charge in [0.05, 0.1) is 13.7 Å². The Kier molecular flexibility index (Phi) is 7.17. The van der Waals surface area contributed by atoms with Crippen LogP contribution >= 0.6 is 11.8 Å². The summed E-state index contributed by atoms with van der Waals surface area (Å²) in [4.78, 5) is 11.9. The molecule has 0 saturated carbocycles. The summed E-state index contributed by atoms with van der Waals surface area (Å²) in [5, 5.41) is 0.125. The van der Waals surface area contributed by atoms with Crippen LogP contribution < -0.4 is 4.74 Å². The van der Waals surface area contributed by atoms with E-state index in [1.807, 2.05) is 54.8 Å². The minimum Gasteiger partial charge on any atom is -0.497 e. The molecule has 23 heavy (non-hydrogen) atoms. The fourth-order valence-corrected chi connectivity index (χ4v) is 2.74. The number of hydrogen-bond donors (Lipinski definition) is 0. The maximum Gasteiger partial charge on any atom is 0.219 e. The molecule has 0 radical (unpaired) electrons. The Morgan fingerprint density at radius 3 is 2.52 bits per heavy atom. The van der Waals surface area contributed by atoms with Crippen molar-refractivity contribution in [2.75, 3.05) is 20.0 Å². The van der Waals surface area contributed by atoms with Crippen LogP contribution in [0.5, 0.6) is 5.75 Å². The molecule has 4 heteroatoms. The van der Waals surface area contributed by atoms with E-state index in [9.17, 15) is 4.79 Å². The summed E-state index contributed by atoms with van der Waals surface area (Å²) in [7, 11) is 1.66. The summed E-state index contributed by atoms with van der Waals surface area (Å²) >= 11 is 1.26. The first-order chi connectivity index (χ1) is 11.2. The van der Waals surface area contributed by atoms with Crippen molar-refractivity contribution in [1.82, 2.24) is 0 Å². The molecule has 0 aliphatic heterocycles. The van der Waals surface area contributed by atoms with Crippen molar-refractivity contribution < 1.29 is 14.3 Å². The Balaban J connectivity index is 1.76. The molecular formula is C19H22O3S. The van der Waals surface area contributed by atoms with Crippen molar-refractivity contribution in [3.05, 3.63) is 65.2 Å². The predicted octanol–water partition coefficient (Wildman–Crippen LogP) is 4.35. The van der Waals surface area contributed by atoms with Gasteiger partial charge in [-0.25, -0.2) is 0 Å². The van der Waals surface area contributed by atoms with E-state index in [0.29, 0.717) is 13.2 Å². The van der Waals surface area contributed by atoms with Crippen LogP contribution in [0.15, 0.2) is 48.5 Å². The molecule has 0 spiro atoms. The molecule has 0 bridgehead atoms. The fraction of sp³-hybridized carbons (Fsp3) is 0.316. The highest BCUT2D eigenvalue weighted by atomic mass is 32.2. The summed E-state index contributed by atoms with van der Waals surface area (Å²) in [5.74, 6) is 0.851. The number of ether oxygens (including phenoxy) is 2. The van der Waals surface area contributed by atoms with E-state index in [2.05, 4.69) is 0 Å². The Morgan fingerprint density at radius 1 is 1.09 bits per heavy atom. The summed E-state index contributed by atoms with van der Waals surface area (Å²) in [6, 6.07) is 15.7. The number of carbonyl (C=O) groups excluding carboxylic acids is 1. The van der Waals surface area contributed by atoms with E-state index in [0.717, 1.165) is 35.3 Å². The molecule has 0 atom stereocenters. The van der Waals surface area contributed by atoms with Crippen LogP contribution in [-0.2, 0) is 17.8 Å². The monoisotopic (exact) mass is 330 g/mol. The first-order valence-electron chi connectivity index (χ1n) is 7.61. The molecule has 0 amide bonds. The second-order valence-corrected chi connectivity index (χ2v) is 5.93. The molecule has 2 rings (SSSR count). The van der Waals surface area contributed by atoms with Crippen LogP contribution in [0.1, 0.15) is 27.9 Å². The van der Waals surface area contributed by atoms with Crippen molar-refractivity contribution in [1.29, 1.82) is 0 Å². The molecule has 3 nitrogen and oxygen atoms in total. The number of benzene rings is 2. The highest BCUT2D eigenvalue weighted by Crippen LogP contribution is 2.17. The Hall–Kier alpha value is -1.78. The van der Waals surface area contributed by atoms with Gasteiger partial charge in [-0.15, -0.1) is 0 Å². The van der Waals surface area contributed by atoms with E-state index in [1.54, 1.807) is 7.11 Å². The lowest BCUT2D eigenvalue weighted by Gasteiger charge is -2.08. The Morgan fingerprint density at radius 2 is 1.83 bits per heavy atom. The minimum atomic E-state index is 0.125. The van der Waals surface area contributed by atoms with Crippen LogP contribution in [0.4, 0.5) is 0 Å². The van der Waals surface area contributed by atoms with Crippen molar-refractivity contribution in [2.45, 2.75) is 19.4 Å². The number of thioether (sulfide) groups is 1. The number of methoxy groups -OCH3 is 1. The van der Waals surface area contributed by atoms with E-state index >= 15 is 0 Å². The van der Waals surface area contributed by atoms with Gasteiger partial charge in [0.25, 0.3) is 0 Å². The molecule has 0 aliphatic rings. The molecule has 0 heterocycles. The molecule has 0 N–H and O–H groups in total. The summed E-state index contributed by atoms with van der Waals surface area (Å²) < 4.78 is 10.8. The third kappa shape index (κ3) is 5.41. The highest BCUT2D eigenvalue weighted by molar-refractivity contribution is 8.13. The third-order valence-corrected chi connectivity index (χ3v) is 4.18. The van der Waals surface area contributed by atoms with Crippen LogP contribution in [0.2, 0.25) is 0 Å². The second-order valence-electron chi connectivity index (χ2n) is 5.15. The first-order valence-corrected chi connectivity index (χ1v) is 8.84. The summed E-state index contributed by atoms with van der Waals surface area (Å²) in [6.07, 6.45) is 3.57. The molecule has 0 saturated heterocycles. The van der Waals surface area contributed by atoms with Crippen LogP contribution in [0.25, 0.3) is 0 Å². The Labute approximate surface area is 142 Å². The van der Waals surface area contributed by atoms with Crippen molar-refractivity contribution >= 4 is 16.9 Å². The van der Waals surface area contributed by atoms with E-state index in [-0.39, 0.29) is 5.12 Å². The topological polar surface area (TPSA) is 35.5 Å². The van der Waals surface area contributed by atoms with Crippen LogP contribution in [0, 0.1) is 0 Å². The van der Waals surface area contributed by atoms with Gasteiger partial charge in [0, 0.05) is 12.2 Å². The molecule has 0 unspecified atom stereocenters. The predicted molar refractivity (Wildman–Crippen MR) is 95.3 cm³/mol. The quantitative estimate of drug-likeness (QED) is 0.674. The molecule has 2 aromatic carbocycles. The summed E-state index contributed by atoms with van der Waals surface area (Å²) in [5.41, 5.74) is 3.04. The maximum absolute atomic E-state index is 11.9. The smallest absolute Gasteiger partial charge is 0.219 e. The highest BCUT2D eigenvalue weighted by Gasteiger charge is 2.09. The molecule has 2 aromatic rings. The maximum atomic E-state index is 11.9. The van der Waals surface area contributed by atoms with Crippen molar-refractivity contribution in [3.8, 4) is 5.75 Å². The minimum absolute atomic E-state index is 0.125. The van der Waals surface area contributed by atoms with Gasteiger partial charge in [0.2, 0.25) is 5.12 Å². The van der Waals surface area contributed by atoms with Gasteiger partial charge >= 0.3 is 0 Å². The van der Waals surface area contributed by atoms with Gasteiger partial charge in [0.15, 0.2) is 0 Å². The second kappa shape index (κ2) is 9.38. The van der Waals surface area contributed by atoms with Gasteiger partial charge in [-0.05, 0) is 42.4 Å². The number of rotatable bonds is 8. The van der Waals surface area contributed by atoms with E-state index < -0.39 is 0 Å². The average molecular weight is 330 g/mol. The van der Waals surface area contributed by atoms with Gasteiger partial charge in [-0.3, -0.25) is 4.79 Å². The van der Waals surface area contributed by atoms with Gasteiger partial charge in [-0.2, -0.15) is 0 Å². The zero-order valence-corrected chi connectivity index (χ0v) is 14.4. The zero-order valence-electron chi connectivity index (χ0n) is 13.6. The van der Waals surface area contributed by atoms with Gasteiger partial charge in [-0.1, -0.05) is 48.2 Å². The fourth-order valence-electron chi connectivity index (χ4n) is 2.32. The van der Waals surface area contributed by atoms with Gasteiger partial charge < -0.3 is 9.47 Å². The lowest BCUT2D eigenvalue weighted by molar-refractivity contribution is 0.108. The summed E-state index contributed by atoms with van der Waals surface area (Å²) in [6.45, 7) is 1.27. The molecular weight excluding hydrogens is 308 g/mol. The molecule has 0 aromatic heterocycles. The SMILES string of the molecule is COc1ccc(COCCCc2ccccc2C(=O)SC)cc1. The Bertz CT molecular complexity index is 623. The van der Waals surface area contributed by atoms with Crippen molar-refractivity contribution in [2.24, 2.45) is 0 Å². The normalized spacial score (nSPS) is 10.5. The zero-order chi connectivity index (χ0) is 16.5. The average Bonchev–Trinajstić information content (AvgIpc) is 2.61. The standard InChI is InChI=1S/C19H22O3S/c1-21-17-11-9-15(10-12-17)14-22-13-5-7-16-6-3-4-8-18(16)19(20)23-2/h3-4,6,8-12H,5,7,13-14H2,1-2H3. The first kappa shape index (κ1) is 17.6. The van der Waals surface area contributed by atoms with Crippen LogP contribution in [0.3, 0.4) is 0 Å². The van der Waals surface area contributed by atoms with E-state index in [4.69, 9.17) is 9.47 Å². The number of hydrogen-bond acceptors (Lipinski definition) is 4. The van der Waals surface area contributed by atoms with Crippen molar-refractivity contribution in [3.63, 3.8) is 0 Å². The molecule has 0 fully saturated rings. The third-order valence-electron chi connectivity index (χ3n) is 3.59. The number of carbonyl (C=O) groups is 1. The van der Waals surface area contributed by atoms with E-state index in [1.165, 1.54) is 11.8 Å². The molecule has 0 aliphatic carbocycles.